The van der Waals surface area contributed by atoms with Crippen LogP contribution in [0.4, 0.5) is 0 Å². The number of aromatic nitrogens is 4. The summed E-state index contributed by atoms with van der Waals surface area (Å²) in [6.07, 6.45) is 4.76. The number of nitrogens with zero attached hydrogens (tertiary/aromatic N) is 3. The van der Waals surface area contributed by atoms with Crippen LogP contribution >= 0.6 is 0 Å². The van der Waals surface area contributed by atoms with E-state index < -0.39 is 5.97 Å². The van der Waals surface area contributed by atoms with Crippen LogP contribution in [0.15, 0.2) is 18.6 Å². The first kappa shape index (κ1) is 11.3. The van der Waals surface area contributed by atoms with E-state index in [1.54, 1.807) is 26.2 Å². The van der Waals surface area contributed by atoms with E-state index in [2.05, 4.69) is 19.9 Å². The number of imidazole rings is 1. The molecule has 0 saturated carbocycles. The first-order valence-electron chi connectivity index (χ1n) is 5.23. The molecule has 2 aromatic rings. The van der Waals surface area contributed by atoms with Crippen LogP contribution < -0.4 is 0 Å². The van der Waals surface area contributed by atoms with Gasteiger partial charge < -0.3 is 9.72 Å². The highest BCUT2D eigenvalue weighted by Crippen LogP contribution is 2.12. The van der Waals surface area contributed by atoms with E-state index in [9.17, 15) is 4.79 Å². The van der Waals surface area contributed by atoms with E-state index in [0.29, 0.717) is 29.5 Å². The minimum Gasteiger partial charge on any atom is -0.462 e. The molecule has 0 aromatic carbocycles. The summed E-state index contributed by atoms with van der Waals surface area (Å²) in [5.74, 6) is 0.625. The first-order chi connectivity index (χ1) is 8.22. The Morgan fingerprint density at radius 2 is 2.29 bits per heavy atom. The van der Waals surface area contributed by atoms with Gasteiger partial charge in [0.25, 0.3) is 0 Å². The third-order valence-electron chi connectivity index (χ3n) is 2.18. The molecule has 17 heavy (non-hydrogen) atoms. The molecule has 2 heterocycles. The number of esters is 1. The van der Waals surface area contributed by atoms with Gasteiger partial charge in [-0.2, -0.15) is 0 Å². The zero-order valence-electron chi connectivity index (χ0n) is 9.60. The highest BCUT2D eigenvalue weighted by atomic mass is 16.5. The SMILES string of the molecule is CCOC(=O)c1cnc(-c2ncc[nH]2)nc1C. The van der Waals surface area contributed by atoms with Crippen molar-refractivity contribution in [3.8, 4) is 11.6 Å². The number of hydrogen-bond acceptors (Lipinski definition) is 5. The minimum absolute atomic E-state index is 0.332. The Kier molecular flexibility index (Phi) is 3.13. The Bertz CT molecular complexity index is 522. The number of nitrogens with one attached hydrogen (secondary N) is 1. The lowest BCUT2D eigenvalue weighted by Gasteiger charge is -2.04. The van der Waals surface area contributed by atoms with Crippen molar-refractivity contribution >= 4 is 5.97 Å². The first-order valence-corrected chi connectivity index (χ1v) is 5.23. The van der Waals surface area contributed by atoms with Gasteiger partial charge in [0.2, 0.25) is 0 Å². The summed E-state index contributed by atoms with van der Waals surface area (Å²) in [6, 6.07) is 0. The Morgan fingerprint density at radius 3 is 2.88 bits per heavy atom. The van der Waals surface area contributed by atoms with Crippen molar-refractivity contribution in [2.75, 3.05) is 6.61 Å². The molecule has 0 bridgehead atoms. The summed E-state index contributed by atoms with van der Waals surface area (Å²) < 4.78 is 4.90. The summed E-state index contributed by atoms with van der Waals surface area (Å²) in [5, 5.41) is 0. The number of rotatable bonds is 3. The molecule has 0 aliphatic rings. The Balaban J connectivity index is 2.32. The van der Waals surface area contributed by atoms with Gasteiger partial charge in [-0.3, -0.25) is 0 Å². The summed E-state index contributed by atoms with van der Waals surface area (Å²) in [4.78, 5) is 26.8. The van der Waals surface area contributed by atoms with Crippen molar-refractivity contribution in [2.24, 2.45) is 0 Å². The molecule has 0 amide bonds. The molecule has 0 aliphatic heterocycles. The van der Waals surface area contributed by atoms with Crippen LogP contribution in [0.1, 0.15) is 23.0 Å². The Hall–Kier alpha value is -2.24. The molecular weight excluding hydrogens is 220 g/mol. The maximum Gasteiger partial charge on any atom is 0.341 e. The molecule has 0 aliphatic carbocycles. The molecule has 2 aromatic heterocycles. The second-order valence-corrected chi connectivity index (χ2v) is 3.35. The highest BCUT2D eigenvalue weighted by Gasteiger charge is 2.13. The number of H-pyrrole nitrogens is 1. The summed E-state index contributed by atoms with van der Waals surface area (Å²) in [7, 11) is 0. The number of carbonyl (C=O) groups is 1. The highest BCUT2D eigenvalue weighted by molar-refractivity contribution is 5.90. The number of ether oxygens (including phenoxy) is 1. The Morgan fingerprint density at radius 1 is 1.47 bits per heavy atom. The van der Waals surface area contributed by atoms with Crippen LogP contribution in [0, 0.1) is 6.92 Å². The van der Waals surface area contributed by atoms with Crippen molar-refractivity contribution in [1.82, 2.24) is 19.9 Å². The quantitative estimate of drug-likeness (QED) is 0.808. The van der Waals surface area contributed by atoms with Gasteiger partial charge in [0.15, 0.2) is 11.6 Å². The molecule has 6 heteroatoms. The maximum atomic E-state index is 11.5. The lowest BCUT2D eigenvalue weighted by atomic mass is 10.2. The molecular formula is C11H12N4O2. The Labute approximate surface area is 98.1 Å². The smallest absolute Gasteiger partial charge is 0.341 e. The van der Waals surface area contributed by atoms with E-state index in [1.165, 1.54) is 6.20 Å². The number of aryl methyl sites for hydroxylation is 1. The van der Waals surface area contributed by atoms with Gasteiger partial charge in [-0.05, 0) is 13.8 Å². The molecule has 0 saturated heterocycles. The van der Waals surface area contributed by atoms with Crippen LogP contribution in [-0.4, -0.2) is 32.5 Å². The van der Waals surface area contributed by atoms with Crippen LogP contribution in [0.2, 0.25) is 0 Å². The van der Waals surface area contributed by atoms with Crippen molar-refractivity contribution in [3.63, 3.8) is 0 Å². The second kappa shape index (κ2) is 4.73. The predicted octanol–water partition coefficient (Wildman–Crippen LogP) is 1.35. The predicted molar refractivity (Wildman–Crippen MR) is 60.3 cm³/mol. The average molecular weight is 232 g/mol. The maximum absolute atomic E-state index is 11.5. The largest absolute Gasteiger partial charge is 0.462 e. The van der Waals surface area contributed by atoms with Gasteiger partial charge in [-0.25, -0.2) is 19.7 Å². The topological polar surface area (TPSA) is 80.8 Å². The molecule has 0 atom stereocenters. The molecule has 88 valence electrons. The van der Waals surface area contributed by atoms with E-state index >= 15 is 0 Å². The lowest BCUT2D eigenvalue weighted by molar-refractivity contribution is 0.0524. The number of aromatic amines is 1. The normalized spacial score (nSPS) is 10.2. The summed E-state index contributed by atoms with van der Waals surface area (Å²) in [5.41, 5.74) is 0.951. The van der Waals surface area contributed by atoms with Crippen molar-refractivity contribution in [2.45, 2.75) is 13.8 Å². The third-order valence-corrected chi connectivity index (χ3v) is 2.18. The second-order valence-electron chi connectivity index (χ2n) is 3.35. The van der Waals surface area contributed by atoms with E-state index in [4.69, 9.17) is 4.74 Å². The third kappa shape index (κ3) is 2.30. The monoisotopic (exact) mass is 232 g/mol. The van der Waals surface area contributed by atoms with Gasteiger partial charge in [0, 0.05) is 18.6 Å². The van der Waals surface area contributed by atoms with Crippen molar-refractivity contribution in [3.05, 3.63) is 29.8 Å². The lowest BCUT2D eigenvalue weighted by Crippen LogP contribution is -2.09. The van der Waals surface area contributed by atoms with Gasteiger partial charge in [0.05, 0.1) is 17.9 Å². The molecule has 0 radical (unpaired) electrons. The average Bonchev–Trinajstić information content (AvgIpc) is 2.82. The minimum atomic E-state index is -0.406. The zero-order valence-corrected chi connectivity index (χ0v) is 9.60. The van der Waals surface area contributed by atoms with E-state index in [-0.39, 0.29) is 0 Å². The van der Waals surface area contributed by atoms with Gasteiger partial charge in [-0.1, -0.05) is 0 Å². The van der Waals surface area contributed by atoms with Gasteiger partial charge >= 0.3 is 5.97 Å². The fourth-order valence-electron chi connectivity index (χ4n) is 1.38. The molecule has 1 N–H and O–H groups in total. The van der Waals surface area contributed by atoms with Crippen LogP contribution in [-0.2, 0) is 4.74 Å². The zero-order chi connectivity index (χ0) is 12.3. The fourth-order valence-corrected chi connectivity index (χ4v) is 1.38. The number of hydrogen-bond donors (Lipinski definition) is 1. The van der Waals surface area contributed by atoms with Crippen molar-refractivity contribution in [1.29, 1.82) is 0 Å². The summed E-state index contributed by atoms with van der Waals surface area (Å²) >= 11 is 0. The van der Waals surface area contributed by atoms with Crippen LogP contribution in [0.3, 0.4) is 0 Å². The molecule has 0 fully saturated rings. The van der Waals surface area contributed by atoms with E-state index in [0.717, 1.165) is 0 Å². The molecule has 0 spiro atoms. The van der Waals surface area contributed by atoms with Gasteiger partial charge in [0.1, 0.15) is 0 Å². The van der Waals surface area contributed by atoms with Gasteiger partial charge in [-0.15, -0.1) is 0 Å². The molecule has 0 unspecified atom stereocenters. The number of carbonyl (C=O) groups excluding carboxylic acids is 1. The van der Waals surface area contributed by atoms with Crippen LogP contribution in [0.25, 0.3) is 11.6 Å². The fraction of sp³-hybridized carbons (Fsp3) is 0.273. The molecule has 6 nitrogen and oxygen atoms in total. The van der Waals surface area contributed by atoms with Crippen LogP contribution in [0.5, 0.6) is 0 Å². The molecule has 2 rings (SSSR count). The van der Waals surface area contributed by atoms with Crippen molar-refractivity contribution < 1.29 is 9.53 Å². The van der Waals surface area contributed by atoms with E-state index in [1.807, 2.05) is 0 Å². The standard InChI is InChI=1S/C11H12N4O2/c1-3-17-11(16)8-6-14-10(15-7(8)2)9-12-4-5-13-9/h4-6H,3H2,1-2H3,(H,12,13). The summed E-state index contributed by atoms with van der Waals surface area (Å²) in [6.45, 7) is 3.82.